The second-order valence-electron chi connectivity index (χ2n) is 8.73. The molecule has 0 aromatic heterocycles. The monoisotopic (exact) mass is 452 g/mol. The number of aliphatic carboxylic acids is 1. The molecule has 0 spiro atoms. The molecule has 7 nitrogen and oxygen atoms in total. The summed E-state index contributed by atoms with van der Waals surface area (Å²) in [7, 11) is 0. The average Bonchev–Trinajstić information content (AvgIpc) is 3.10. The molecule has 2 amide bonds. The van der Waals surface area contributed by atoms with Crippen molar-refractivity contribution in [3.63, 3.8) is 0 Å². The van der Waals surface area contributed by atoms with Crippen molar-refractivity contribution in [1.82, 2.24) is 10.6 Å². The minimum atomic E-state index is -0.929. The van der Waals surface area contributed by atoms with Gasteiger partial charge in [0, 0.05) is 24.9 Å². The van der Waals surface area contributed by atoms with Crippen LogP contribution in [0, 0.1) is 5.92 Å². The summed E-state index contributed by atoms with van der Waals surface area (Å²) in [5.41, 5.74) is 4.70. The van der Waals surface area contributed by atoms with E-state index in [1.54, 1.807) is 0 Å². The van der Waals surface area contributed by atoms with Gasteiger partial charge in [-0.05, 0) is 41.0 Å². The summed E-state index contributed by atoms with van der Waals surface area (Å²) in [6.45, 7) is 4.44. The smallest absolute Gasteiger partial charge is 0.407 e. The normalized spacial score (nSPS) is 13.2. The molecule has 2 aromatic carbocycles. The van der Waals surface area contributed by atoms with E-state index in [1.165, 1.54) is 22.3 Å². The summed E-state index contributed by atoms with van der Waals surface area (Å²) >= 11 is 0. The zero-order valence-corrected chi connectivity index (χ0v) is 19.2. The van der Waals surface area contributed by atoms with E-state index in [-0.39, 0.29) is 43.2 Å². The van der Waals surface area contributed by atoms with Crippen LogP contribution in [0.25, 0.3) is 11.1 Å². The largest absolute Gasteiger partial charge is 0.481 e. The molecular weight excluding hydrogens is 420 g/mol. The molecule has 3 rings (SSSR count). The van der Waals surface area contributed by atoms with Crippen molar-refractivity contribution in [2.75, 3.05) is 13.2 Å². The number of hydrogen-bond donors (Lipinski definition) is 3. The molecule has 0 saturated carbocycles. The van der Waals surface area contributed by atoms with Crippen LogP contribution in [0.15, 0.2) is 48.5 Å². The van der Waals surface area contributed by atoms with Gasteiger partial charge >= 0.3 is 12.1 Å². The van der Waals surface area contributed by atoms with E-state index >= 15 is 0 Å². The molecule has 0 fully saturated rings. The molecule has 7 heteroatoms. The fourth-order valence-corrected chi connectivity index (χ4v) is 4.17. The summed E-state index contributed by atoms with van der Waals surface area (Å²) < 4.78 is 5.50. The zero-order valence-electron chi connectivity index (χ0n) is 19.2. The third-order valence-corrected chi connectivity index (χ3v) is 5.99. The number of amides is 2. The first kappa shape index (κ1) is 24.3. The highest BCUT2D eigenvalue weighted by Gasteiger charge is 2.29. The van der Waals surface area contributed by atoms with E-state index in [2.05, 4.69) is 34.9 Å². The Morgan fingerprint density at radius 2 is 1.58 bits per heavy atom. The van der Waals surface area contributed by atoms with Gasteiger partial charge in [-0.3, -0.25) is 9.59 Å². The first-order valence-corrected chi connectivity index (χ1v) is 11.5. The van der Waals surface area contributed by atoms with Gasteiger partial charge in [0.15, 0.2) is 0 Å². The van der Waals surface area contributed by atoms with Gasteiger partial charge in [0.2, 0.25) is 5.91 Å². The number of alkyl carbamates (subject to hydrolysis) is 1. The maximum atomic E-state index is 12.2. The minimum absolute atomic E-state index is 0.0200. The van der Waals surface area contributed by atoms with Crippen molar-refractivity contribution in [1.29, 1.82) is 0 Å². The number of hydrogen-bond acceptors (Lipinski definition) is 4. The Kier molecular flexibility index (Phi) is 8.46. The van der Waals surface area contributed by atoms with Crippen LogP contribution < -0.4 is 10.6 Å². The van der Waals surface area contributed by atoms with E-state index in [0.717, 1.165) is 0 Å². The number of carbonyl (C=O) groups is 3. The molecule has 0 bridgehead atoms. The molecule has 0 heterocycles. The quantitative estimate of drug-likeness (QED) is 0.441. The van der Waals surface area contributed by atoms with Crippen LogP contribution in [0.5, 0.6) is 0 Å². The number of carbonyl (C=O) groups excluding carboxylic acids is 2. The van der Waals surface area contributed by atoms with Crippen LogP contribution in [0.1, 0.15) is 56.6 Å². The first-order chi connectivity index (χ1) is 15.9. The van der Waals surface area contributed by atoms with Crippen LogP contribution in [0.4, 0.5) is 4.79 Å². The number of ether oxygens (including phenoxy) is 1. The maximum Gasteiger partial charge on any atom is 0.407 e. The second-order valence-corrected chi connectivity index (χ2v) is 8.73. The lowest BCUT2D eigenvalue weighted by Gasteiger charge is -2.20. The van der Waals surface area contributed by atoms with Crippen molar-refractivity contribution in [2.24, 2.45) is 5.92 Å². The van der Waals surface area contributed by atoms with E-state index in [9.17, 15) is 14.4 Å². The molecule has 176 valence electrons. The van der Waals surface area contributed by atoms with Crippen LogP contribution in [-0.4, -0.2) is 42.3 Å². The zero-order chi connectivity index (χ0) is 23.8. The Morgan fingerprint density at radius 1 is 0.970 bits per heavy atom. The molecule has 1 aliphatic rings. The molecule has 1 aliphatic carbocycles. The molecular formula is C26H32N2O5. The maximum absolute atomic E-state index is 12.2. The standard InChI is InChI=1S/C26H32N2O5/c1-17(2)23(15-25(30)31)28-24(29)13-7-8-14-27-26(32)33-16-22-20-11-5-3-9-18(20)19-10-4-6-12-21(19)22/h3-6,9-12,17,22-23H,7-8,13-16H2,1-2H3,(H,27,32)(H,28,29)(H,30,31)/t23-/m0/s1. The average molecular weight is 453 g/mol. The Bertz CT molecular complexity index is 943. The summed E-state index contributed by atoms with van der Waals surface area (Å²) in [5.74, 6) is -1.04. The van der Waals surface area contributed by atoms with Crippen molar-refractivity contribution >= 4 is 18.0 Å². The second kappa shape index (κ2) is 11.5. The van der Waals surface area contributed by atoms with Crippen LogP contribution in [0.3, 0.4) is 0 Å². The molecule has 0 radical (unpaired) electrons. The number of unbranched alkanes of at least 4 members (excludes halogenated alkanes) is 1. The lowest BCUT2D eigenvalue weighted by atomic mass is 9.98. The Balaban J connectivity index is 1.37. The van der Waals surface area contributed by atoms with E-state index < -0.39 is 12.1 Å². The molecule has 0 aliphatic heterocycles. The third kappa shape index (κ3) is 6.57. The molecule has 0 saturated heterocycles. The predicted molar refractivity (Wildman–Crippen MR) is 126 cm³/mol. The van der Waals surface area contributed by atoms with Crippen LogP contribution in [-0.2, 0) is 14.3 Å². The molecule has 2 aromatic rings. The van der Waals surface area contributed by atoms with Gasteiger partial charge in [-0.2, -0.15) is 0 Å². The van der Waals surface area contributed by atoms with Crippen molar-refractivity contribution < 1.29 is 24.2 Å². The van der Waals surface area contributed by atoms with E-state index in [4.69, 9.17) is 9.84 Å². The van der Waals surface area contributed by atoms with Gasteiger partial charge in [-0.1, -0.05) is 62.4 Å². The Morgan fingerprint density at radius 3 is 2.15 bits per heavy atom. The highest BCUT2D eigenvalue weighted by atomic mass is 16.5. The number of rotatable bonds is 11. The van der Waals surface area contributed by atoms with Gasteiger partial charge in [0.25, 0.3) is 0 Å². The summed E-state index contributed by atoms with van der Waals surface area (Å²) in [4.78, 5) is 35.2. The minimum Gasteiger partial charge on any atom is -0.481 e. The molecule has 0 unspecified atom stereocenters. The number of benzene rings is 2. The van der Waals surface area contributed by atoms with Gasteiger partial charge in [0.1, 0.15) is 6.61 Å². The number of fused-ring (bicyclic) bond motifs is 3. The van der Waals surface area contributed by atoms with Crippen molar-refractivity contribution in [2.45, 2.75) is 51.5 Å². The van der Waals surface area contributed by atoms with Gasteiger partial charge in [-0.15, -0.1) is 0 Å². The lowest BCUT2D eigenvalue weighted by Crippen LogP contribution is -2.40. The van der Waals surface area contributed by atoms with Crippen molar-refractivity contribution in [3.05, 3.63) is 59.7 Å². The fourth-order valence-electron chi connectivity index (χ4n) is 4.17. The number of carboxylic acids is 1. The number of carboxylic acid groups (broad SMARTS) is 1. The lowest BCUT2D eigenvalue weighted by molar-refractivity contribution is -0.138. The molecule has 3 N–H and O–H groups in total. The topological polar surface area (TPSA) is 105 Å². The van der Waals surface area contributed by atoms with Gasteiger partial charge < -0.3 is 20.5 Å². The Labute approximate surface area is 194 Å². The fraction of sp³-hybridized carbons (Fsp3) is 0.423. The molecule has 1 atom stereocenters. The van der Waals surface area contributed by atoms with Crippen LogP contribution >= 0.6 is 0 Å². The third-order valence-electron chi connectivity index (χ3n) is 5.99. The van der Waals surface area contributed by atoms with Gasteiger partial charge in [0.05, 0.1) is 6.42 Å². The molecule has 33 heavy (non-hydrogen) atoms. The highest BCUT2D eigenvalue weighted by Crippen LogP contribution is 2.44. The SMILES string of the molecule is CC(C)[C@H](CC(=O)O)NC(=O)CCCCNC(=O)OCC1c2ccccc2-c2ccccc21. The number of nitrogens with one attached hydrogen (secondary N) is 2. The van der Waals surface area contributed by atoms with Crippen LogP contribution in [0.2, 0.25) is 0 Å². The van der Waals surface area contributed by atoms with E-state index in [0.29, 0.717) is 19.4 Å². The summed E-state index contributed by atoms with van der Waals surface area (Å²) in [6, 6.07) is 16.0. The van der Waals surface area contributed by atoms with E-state index in [1.807, 2.05) is 38.1 Å². The van der Waals surface area contributed by atoms with Crippen molar-refractivity contribution in [3.8, 4) is 11.1 Å². The first-order valence-electron chi connectivity index (χ1n) is 11.5. The summed E-state index contributed by atoms with van der Waals surface area (Å²) in [5, 5.41) is 14.5. The van der Waals surface area contributed by atoms with Gasteiger partial charge in [-0.25, -0.2) is 4.79 Å². The predicted octanol–water partition coefficient (Wildman–Crippen LogP) is 4.31. The Hall–Kier alpha value is -3.35. The summed E-state index contributed by atoms with van der Waals surface area (Å²) in [6.07, 6.45) is 0.945. The highest BCUT2D eigenvalue weighted by molar-refractivity contribution is 5.79.